The Kier molecular flexibility index (Phi) is 6.91. The lowest BCUT2D eigenvalue weighted by Crippen LogP contribution is -2.33. The van der Waals surface area contributed by atoms with E-state index >= 15 is 0 Å². The number of rotatable bonds is 9. The first-order valence-electron chi connectivity index (χ1n) is 10.3. The molecule has 2 aliphatic rings. The van der Waals surface area contributed by atoms with Gasteiger partial charge in [-0.25, -0.2) is 0 Å². The first kappa shape index (κ1) is 21.0. The summed E-state index contributed by atoms with van der Waals surface area (Å²) in [7, 11) is 0. The van der Waals surface area contributed by atoms with E-state index in [2.05, 4.69) is 31.7 Å². The van der Waals surface area contributed by atoms with Gasteiger partial charge in [-0.1, -0.05) is 30.4 Å². The summed E-state index contributed by atoms with van der Waals surface area (Å²) >= 11 is 0. The van der Waals surface area contributed by atoms with Crippen molar-refractivity contribution in [3.63, 3.8) is 0 Å². The summed E-state index contributed by atoms with van der Waals surface area (Å²) in [6, 6.07) is 6.27. The normalized spacial score (nSPS) is 26.0. The van der Waals surface area contributed by atoms with Gasteiger partial charge in [-0.15, -0.1) is 0 Å². The van der Waals surface area contributed by atoms with Gasteiger partial charge in [0.05, 0.1) is 25.7 Å². The summed E-state index contributed by atoms with van der Waals surface area (Å²) in [5.41, 5.74) is 4.47. The van der Waals surface area contributed by atoms with Crippen LogP contribution in [-0.4, -0.2) is 49.2 Å². The molecule has 3 atom stereocenters. The summed E-state index contributed by atoms with van der Waals surface area (Å²) < 4.78 is 10.9. The number of carbonyl (C=O) groups excluding carboxylic acids is 1. The van der Waals surface area contributed by atoms with E-state index < -0.39 is 0 Å². The summed E-state index contributed by atoms with van der Waals surface area (Å²) in [6.07, 6.45) is 4.29. The molecule has 0 radical (unpaired) electrons. The maximum atomic E-state index is 13.3. The van der Waals surface area contributed by atoms with Gasteiger partial charge in [0.1, 0.15) is 6.61 Å². The molecule has 1 aromatic rings. The lowest BCUT2D eigenvalue weighted by atomic mass is 9.67. The fraction of sp³-hybridized carbons (Fsp3) is 0.609. The average molecular weight is 389 g/mol. The van der Waals surface area contributed by atoms with E-state index in [0.29, 0.717) is 0 Å². The van der Waals surface area contributed by atoms with Crippen molar-refractivity contribution in [2.45, 2.75) is 50.9 Å². The van der Waals surface area contributed by atoms with Crippen LogP contribution in [0.5, 0.6) is 0 Å². The SMILES string of the molecule is C=C1CCC2(C1)C(CCCO)c1cccc(C)c1C2C(=O)OCCOCCO. The number of carbonyl (C=O) groups is 1. The minimum atomic E-state index is -0.301. The van der Waals surface area contributed by atoms with Crippen LogP contribution in [-0.2, 0) is 14.3 Å². The number of aliphatic hydroxyl groups is 2. The number of allylic oxidation sites excluding steroid dienone is 1. The molecule has 0 saturated heterocycles. The number of esters is 1. The third-order valence-corrected chi connectivity index (χ3v) is 6.41. The second-order valence-corrected chi connectivity index (χ2v) is 8.09. The van der Waals surface area contributed by atoms with Gasteiger partial charge in [0.25, 0.3) is 0 Å². The van der Waals surface area contributed by atoms with E-state index in [0.717, 1.165) is 43.2 Å². The van der Waals surface area contributed by atoms with Crippen LogP contribution in [0.2, 0.25) is 0 Å². The standard InChI is InChI=1S/C23H32O5/c1-16-8-9-23(15-16)19(7-4-10-24)18-6-3-5-17(2)20(18)21(23)22(26)28-14-13-27-12-11-25/h3,5-6,19,21,24-25H,1,4,7-15H2,2H3. The van der Waals surface area contributed by atoms with Gasteiger partial charge >= 0.3 is 5.97 Å². The maximum Gasteiger partial charge on any atom is 0.314 e. The van der Waals surface area contributed by atoms with Gasteiger partial charge in [-0.2, -0.15) is 0 Å². The van der Waals surface area contributed by atoms with Crippen LogP contribution in [0.1, 0.15) is 60.6 Å². The topological polar surface area (TPSA) is 76.0 Å². The van der Waals surface area contributed by atoms with Crippen LogP contribution in [0.15, 0.2) is 30.4 Å². The Morgan fingerprint density at radius 1 is 1.25 bits per heavy atom. The Hall–Kier alpha value is -1.69. The third-order valence-electron chi connectivity index (χ3n) is 6.41. The highest BCUT2D eigenvalue weighted by molar-refractivity contribution is 5.83. The van der Waals surface area contributed by atoms with Crippen molar-refractivity contribution in [2.75, 3.05) is 33.0 Å². The molecule has 1 spiro atoms. The van der Waals surface area contributed by atoms with E-state index in [-0.39, 0.29) is 56.3 Å². The zero-order valence-electron chi connectivity index (χ0n) is 16.8. The van der Waals surface area contributed by atoms with Gasteiger partial charge in [-0.05, 0) is 67.1 Å². The van der Waals surface area contributed by atoms with Crippen molar-refractivity contribution >= 4 is 5.97 Å². The Morgan fingerprint density at radius 2 is 2.07 bits per heavy atom. The molecule has 1 fully saturated rings. The highest BCUT2D eigenvalue weighted by atomic mass is 16.6. The van der Waals surface area contributed by atoms with Crippen molar-refractivity contribution in [3.05, 3.63) is 47.0 Å². The fourth-order valence-electron chi connectivity index (χ4n) is 5.34. The van der Waals surface area contributed by atoms with Crippen LogP contribution >= 0.6 is 0 Å². The van der Waals surface area contributed by atoms with Crippen LogP contribution < -0.4 is 0 Å². The van der Waals surface area contributed by atoms with Crippen molar-refractivity contribution in [1.82, 2.24) is 0 Å². The van der Waals surface area contributed by atoms with Gasteiger partial charge in [0.2, 0.25) is 0 Å². The number of benzene rings is 1. The molecule has 154 valence electrons. The molecule has 3 rings (SSSR count). The summed E-state index contributed by atoms with van der Waals surface area (Å²) in [5.74, 6) is -0.258. The molecule has 0 aromatic heterocycles. The lowest BCUT2D eigenvalue weighted by molar-refractivity contribution is -0.150. The maximum absolute atomic E-state index is 13.3. The smallest absolute Gasteiger partial charge is 0.314 e. The second-order valence-electron chi connectivity index (χ2n) is 8.09. The lowest BCUT2D eigenvalue weighted by Gasteiger charge is -2.36. The molecule has 1 saturated carbocycles. The number of fused-ring (bicyclic) bond motifs is 1. The molecule has 5 nitrogen and oxygen atoms in total. The molecule has 28 heavy (non-hydrogen) atoms. The Balaban J connectivity index is 1.91. The number of ether oxygens (including phenoxy) is 2. The van der Waals surface area contributed by atoms with Crippen LogP contribution in [0, 0.1) is 12.3 Å². The van der Waals surface area contributed by atoms with Gasteiger partial charge in [0.15, 0.2) is 0 Å². The first-order valence-corrected chi connectivity index (χ1v) is 10.3. The average Bonchev–Trinajstić information content (AvgIpc) is 3.18. The molecule has 3 unspecified atom stereocenters. The molecule has 0 aliphatic heterocycles. The van der Waals surface area contributed by atoms with Crippen LogP contribution in [0.25, 0.3) is 0 Å². The van der Waals surface area contributed by atoms with E-state index in [9.17, 15) is 9.90 Å². The monoisotopic (exact) mass is 388 g/mol. The fourth-order valence-corrected chi connectivity index (χ4v) is 5.34. The Bertz CT molecular complexity index is 713. The van der Waals surface area contributed by atoms with Crippen molar-refractivity contribution < 1.29 is 24.5 Å². The van der Waals surface area contributed by atoms with E-state index in [1.54, 1.807) is 0 Å². The van der Waals surface area contributed by atoms with Crippen molar-refractivity contribution in [2.24, 2.45) is 5.41 Å². The summed E-state index contributed by atoms with van der Waals surface area (Å²) in [4.78, 5) is 13.3. The number of aryl methyl sites for hydroxylation is 1. The molecule has 2 aliphatic carbocycles. The number of aliphatic hydroxyl groups excluding tert-OH is 2. The molecular weight excluding hydrogens is 356 g/mol. The molecular formula is C23H32O5. The molecule has 0 bridgehead atoms. The van der Waals surface area contributed by atoms with E-state index in [4.69, 9.17) is 14.6 Å². The second kappa shape index (κ2) is 9.21. The molecule has 0 heterocycles. The minimum Gasteiger partial charge on any atom is -0.463 e. The van der Waals surface area contributed by atoms with Crippen molar-refractivity contribution in [1.29, 1.82) is 0 Å². The van der Waals surface area contributed by atoms with Crippen molar-refractivity contribution in [3.8, 4) is 0 Å². The Labute approximate surface area is 167 Å². The largest absolute Gasteiger partial charge is 0.463 e. The summed E-state index contributed by atoms with van der Waals surface area (Å²) in [5, 5.41) is 18.2. The molecule has 0 amide bonds. The van der Waals surface area contributed by atoms with Crippen LogP contribution in [0.4, 0.5) is 0 Å². The van der Waals surface area contributed by atoms with Gasteiger partial charge in [-0.3, -0.25) is 4.79 Å². The summed E-state index contributed by atoms with van der Waals surface area (Å²) in [6.45, 7) is 7.12. The molecule has 5 heteroatoms. The van der Waals surface area contributed by atoms with Gasteiger partial charge < -0.3 is 19.7 Å². The van der Waals surface area contributed by atoms with Gasteiger partial charge in [0, 0.05) is 6.61 Å². The van der Waals surface area contributed by atoms with Crippen LogP contribution in [0.3, 0.4) is 0 Å². The first-order chi connectivity index (χ1) is 13.5. The zero-order valence-corrected chi connectivity index (χ0v) is 16.8. The number of hydrogen-bond acceptors (Lipinski definition) is 5. The molecule has 2 N–H and O–H groups in total. The zero-order chi connectivity index (χ0) is 20.1. The predicted octanol–water partition coefficient (Wildman–Crippen LogP) is 3.23. The number of hydrogen-bond donors (Lipinski definition) is 2. The predicted molar refractivity (Wildman–Crippen MR) is 107 cm³/mol. The molecule has 1 aromatic carbocycles. The highest BCUT2D eigenvalue weighted by Crippen LogP contribution is 2.66. The third kappa shape index (κ3) is 3.88. The quantitative estimate of drug-likeness (QED) is 0.386. The van der Waals surface area contributed by atoms with E-state index in [1.807, 2.05) is 0 Å². The Morgan fingerprint density at radius 3 is 2.75 bits per heavy atom. The van der Waals surface area contributed by atoms with E-state index in [1.165, 1.54) is 11.1 Å². The minimum absolute atomic E-state index is 0.0408. The highest BCUT2D eigenvalue weighted by Gasteiger charge is 2.58.